The Balaban J connectivity index is 1.60. The first-order chi connectivity index (χ1) is 16.7. The number of thioether (sulfide) groups is 1. The maximum Gasteiger partial charge on any atom is 0.294 e. The Morgan fingerprint density at radius 2 is 1.60 bits per heavy atom. The summed E-state index contributed by atoms with van der Waals surface area (Å²) >= 11 is 2.99. The zero-order valence-electron chi connectivity index (χ0n) is 19.3. The Hall–Kier alpha value is -3.18. The molecule has 7 nitrogen and oxygen atoms in total. The molecule has 2 aromatic carbocycles. The number of aromatic nitrogens is 1. The summed E-state index contributed by atoms with van der Waals surface area (Å²) in [6.07, 6.45) is 2.33. The second kappa shape index (κ2) is 10.2. The first-order valence-electron chi connectivity index (χ1n) is 10.7. The molecule has 35 heavy (non-hydrogen) atoms. The van der Waals surface area contributed by atoms with Crippen molar-refractivity contribution in [2.75, 3.05) is 11.9 Å². The second-order valence-electron chi connectivity index (χ2n) is 8.11. The van der Waals surface area contributed by atoms with Crippen molar-refractivity contribution >= 4 is 69.5 Å². The number of hydrogen-bond donors (Lipinski definition) is 1. The van der Waals surface area contributed by atoms with Gasteiger partial charge in [-0.15, -0.1) is 0 Å². The lowest BCUT2D eigenvalue weighted by molar-refractivity contribution is -0.127. The average Bonchev–Trinajstić information content (AvgIpc) is 3.22. The summed E-state index contributed by atoms with van der Waals surface area (Å²) in [4.78, 5) is 51.1. The van der Waals surface area contributed by atoms with Crippen LogP contribution in [0, 0.1) is 24.3 Å². The maximum absolute atomic E-state index is 13.0. The highest BCUT2D eigenvalue weighted by Gasteiger charge is 2.37. The molecule has 3 aromatic rings. The van der Waals surface area contributed by atoms with Crippen LogP contribution in [0.25, 0.3) is 11.8 Å². The van der Waals surface area contributed by atoms with Crippen LogP contribution in [0.15, 0.2) is 53.4 Å². The minimum Gasteiger partial charge on any atom is -0.325 e. The molecule has 1 aromatic heterocycles. The molecule has 0 unspecified atom stereocenters. The minimum atomic E-state index is -0.560. The number of halogens is 1. The van der Waals surface area contributed by atoms with Crippen LogP contribution in [0.5, 0.6) is 0 Å². The largest absolute Gasteiger partial charge is 0.325 e. The Labute approximate surface area is 220 Å². The van der Waals surface area contributed by atoms with Crippen LogP contribution in [0.2, 0.25) is 0 Å². The predicted octanol–water partition coefficient (Wildman–Crippen LogP) is 5.49. The number of amides is 3. The Bertz CT molecular complexity index is 1380. The summed E-state index contributed by atoms with van der Waals surface area (Å²) in [5.74, 6) is -1.03. The molecule has 1 saturated heterocycles. The van der Waals surface area contributed by atoms with Crippen molar-refractivity contribution in [1.29, 1.82) is 0 Å². The molecule has 2 heterocycles. The van der Waals surface area contributed by atoms with E-state index in [1.807, 2.05) is 61.7 Å². The number of imide groups is 1. The molecule has 0 bridgehead atoms. The van der Waals surface area contributed by atoms with Gasteiger partial charge < -0.3 is 9.88 Å². The number of aldehydes is 1. The first kappa shape index (κ1) is 24.9. The lowest BCUT2D eigenvalue weighted by Gasteiger charge is -2.12. The minimum absolute atomic E-state index is 0.170. The van der Waals surface area contributed by atoms with E-state index in [0.29, 0.717) is 16.8 Å². The number of nitrogens with one attached hydrogen (secondary N) is 1. The van der Waals surface area contributed by atoms with Gasteiger partial charge in [0.25, 0.3) is 11.1 Å². The van der Waals surface area contributed by atoms with Crippen molar-refractivity contribution in [3.63, 3.8) is 0 Å². The monoisotopic (exact) mass is 599 g/mol. The van der Waals surface area contributed by atoms with Crippen LogP contribution >= 0.6 is 34.4 Å². The van der Waals surface area contributed by atoms with E-state index in [4.69, 9.17) is 0 Å². The maximum atomic E-state index is 13.0. The Morgan fingerprint density at radius 3 is 2.23 bits per heavy atom. The van der Waals surface area contributed by atoms with Crippen molar-refractivity contribution in [2.24, 2.45) is 0 Å². The van der Waals surface area contributed by atoms with Gasteiger partial charge >= 0.3 is 0 Å². The number of anilines is 1. The average molecular weight is 599 g/mol. The fourth-order valence-corrected chi connectivity index (χ4v) is 5.12. The molecule has 1 aliphatic heterocycles. The quantitative estimate of drug-likeness (QED) is 0.230. The molecule has 1 N–H and O–H groups in total. The number of aryl methyl sites for hydroxylation is 1. The molecule has 3 amide bonds. The van der Waals surface area contributed by atoms with Gasteiger partial charge in [-0.25, -0.2) is 0 Å². The van der Waals surface area contributed by atoms with Crippen LogP contribution < -0.4 is 5.32 Å². The summed E-state index contributed by atoms with van der Waals surface area (Å²) in [6.45, 7) is 5.25. The van der Waals surface area contributed by atoms with E-state index in [1.54, 1.807) is 18.2 Å². The number of rotatable bonds is 6. The number of benzene rings is 2. The van der Waals surface area contributed by atoms with E-state index < -0.39 is 23.6 Å². The lowest BCUT2D eigenvalue weighted by atomic mass is 10.1. The van der Waals surface area contributed by atoms with Crippen LogP contribution in [0.4, 0.5) is 10.5 Å². The van der Waals surface area contributed by atoms with E-state index in [0.717, 1.165) is 49.2 Å². The lowest BCUT2D eigenvalue weighted by Crippen LogP contribution is -2.36. The van der Waals surface area contributed by atoms with Crippen molar-refractivity contribution in [2.45, 2.75) is 20.8 Å². The van der Waals surface area contributed by atoms with E-state index in [2.05, 4.69) is 27.9 Å². The highest BCUT2D eigenvalue weighted by Crippen LogP contribution is 2.35. The van der Waals surface area contributed by atoms with E-state index in [-0.39, 0.29) is 4.91 Å². The van der Waals surface area contributed by atoms with Gasteiger partial charge in [0.2, 0.25) is 5.91 Å². The highest BCUT2D eigenvalue weighted by atomic mass is 127. The van der Waals surface area contributed by atoms with Crippen LogP contribution in [-0.2, 0) is 9.59 Å². The molecule has 1 aliphatic rings. The summed E-state index contributed by atoms with van der Waals surface area (Å²) < 4.78 is 3.04. The molecule has 0 atom stereocenters. The van der Waals surface area contributed by atoms with Crippen molar-refractivity contribution in [1.82, 2.24) is 9.47 Å². The fourth-order valence-electron chi connectivity index (χ4n) is 3.94. The van der Waals surface area contributed by atoms with Gasteiger partial charge in [-0.2, -0.15) is 0 Å². The van der Waals surface area contributed by atoms with Crippen molar-refractivity contribution in [3.05, 3.63) is 85.1 Å². The van der Waals surface area contributed by atoms with Crippen LogP contribution in [-0.4, -0.2) is 39.4 Å². The third-order valence-corrected chi connectivity index (χ3v) is 7.36. The number of carbonyl (C=O) groups excluding carboxylic acids is 4. The molecule has 0 spiro atoms. The van der Waals surface area contributed by atoms with Crippen molar-refractivity contribution < 1.29 is 19.2 Å². The van der Waals surface area contributed by atoms with Gasteiger partial charge in [-0.1, -0.05) is 17.7 Å². The molecule has 4 rings (SSSR count). The first-order valence-corrected chi connectivity index (χ1v) is 12.6. The smallest absolute Gasteiger partial charge is 0.294 e. The molecular weight excluding hydrogens is 577 g/mol. The molecule has 1 fully saturated rings. The SMILES string of the molecule is Cc1ccc(NC(=O)CN2C(=O)S/C(=C\c3c(C=O)c(C)n(-c4ccc(I)cc4)c3C)C2=O)cc1. The van der Waals surface area contributed by atoms with Crippen molar-refractivity contribution in [3.8, 4) is 5.69 Å². The number of nitrogens with zero attached hydrogens (tertiary/aromatic N) is 2. The fraction of sp³-hybridized carbons (Fsp3) is 0.154. The molecule has 0 radical (unpaired) electrons. The van der Waals surface area contributed by atoms with Crippen LogP contribution in [0.3, 0.4) is 0 Å². The second-order valence-corrected chi connectivity index (χ2v) is 10.3. The van der Waals surface area contributed by atoms with E-state index in [9.17, 15) is 19.2 Å². The van der Waals surface area contributed by atoms with Gasteiger partial charge in [0.15, 0.2) is 6.29 Å². The van der Waals surface area contributed by atoms with E-state index >= 15 is 0 Å². The Morgan fingerprint density at radius 1 is 0.971 bits per heavy atom. The number of hydrogen-bond acceptors (Lipinski definition) is 5. The normalized spacial score (nSPS) is 14.6. The zero-order valence-corrected chi connectivity index (χ0v) is 22.3. The molecule has 178 valence electrons. The van der Waals surface area contributed by atoms with Crippen LogP contribution in [0.1, 0.15) is 32.9 Å². The van der Waals surface area contributed by atoms with Gasteiger partial charge in [0, 0.05) is 37.5 Å². The van der Waals surface area contributed by atoms with Gasteiger partial charge in [0.1, 0.15) is 6.54 Å². The zero-order chi connectivity index (χ0) is 25.3. The third kappa shape index (κ3) is 5.10. The molecule has 0 aliphatic carbocycles. The van der Waals surface area contributed by atoms with E-state index in [1.165, 1.54) is 0 Å². The highest BCUT2D eigenvalue weighted by molar-refractivity contribution is 14.1. The third-order valence-electron chi connectivity index (χ3n) is 5.73. The number of carbonyl (C=O) groups is 4. The Kier molecular flexibility index (Phi) is 7.27. The van der Waals surface area contributed by atoms with Gasteiger partial charge in [0.05, 0.1) is 4.91 Å². The van der Waals surface area contributed by atoms with Gasteiger partial charge in [-0.3, -0.25) is 24.1 Å². The summed E-state index contributed by atoms with van der Waals surface area (Å²) in [5.41, 5.74) is 5.06. The standard InChI is InChI=1S/C26H22IN3O4S/c1-15-4-8-19(9-5-15)28-24(32)13-29-25(33)23(35-26(29)34)12-21-16(2)30(17(3)22(21)14-31)20-10-6-18(27)7-11-20/h4-12,14H,13H2,1-3H3,(H,28,32)/b23-12-. The predicted molar refractivity (Wildman–Crippen MR) is 146 cm³/mol. The summed E-state index contributed by atoms with van der Waals surface area (Å²) in [7, 11) is 0. The van der Waals surface area contributed by atoms with Gasteiger partial charge in [-0.05, 0) is 97.6 Å². The summed E-state index contributed by atoms with van der Waals surface area (Å²) in [5, 5.41) is 2.17. The topological polar surface area (TPSA) is 88.5 Å². The molecule has 9 heteroatoms. The molecule has 0 saturated carbocycles. The molecular formula is C26H22IN3O4S. The summed E-state index contributed by atoms with van der Waals surface area (Å²) in [6, 6.07) is 15.1.